The summed E-state index contributed by atoms with van der Waals surface area (Å²) in [6.07, 6.45) is 3.74. The van der Waals surface area contributed by atoms with Crippen LogP contribution in [-0.2, 0) is 26.5 Å². The molecule has 0 unspecified atom stereocenters. The van der Waals surface area contributed by atoms with Gasteiger partial charge in [0.05, 0.1) is 0 Å². The second kappa shape index (κ2) is 14.0. The minimum atomic E-state index is -0.204. The van der Waals surface area contributed by atoms with E-state index < -0.39 is 0 Å². The summed E-state index contributed by atoms with van der Waals surface area (Å²) in [5.74, 6) is 2.87. The van der Waals surface area contributed by atoms with Crippen molar-refractivity contribution in [1.29, 1.82) is 0 Å². The standard InChI is InChI=1S/C46H38BN5O.Pt/c1-31-14-13-15-32(2)45(31)47-51(34-16-7-6-8-17-34)40-24-22-36(30-42(40)52(47)43-20-11-12-26-48-43)53-35-21-23-38-37-18-9-10-19-39(37)50(41(38)29-35)44-28-33(25-27-49-44)46(3,4)5;/h6-28H,1-5H3;/q-2;+2. The van der Waals surface area contributed by atoms with E-state index in [0.29, 0.717) is 11.5 Å². The molecule has 8 heteroatoms. The van der Waals surface area contributed by atoms with Gasteiger partial charge < -0.3 is 18.9 Å². The van der Waals surface area contributed by atoms with E-state index in [-0.39, 0.29) is 33.5 Å². The van der Waals surface area contributed by atoms with Crippen LogP contribution in [0, 0.1) is 26.0 Å². The van der Waals surface area contributed by atoms with Crippen LogP contribution in [0.5, 0.6) is 11.5 Å². The van der Waals surface area contributed by atoms with Crippen LogP contribution >= 0.6 is 0 Å². The topological polar surface area (TPSA) is 46.4 Å². The summed E-state index contributed by atoms with van der Waals surface area (Å²) in [6, 6.07) is 51.4. The van der Waals surface area contributed by atoms with Crippen molar-refractivity contribution in [2.45, 2.75) is 40.0 Å². The maximum Gasteiger partial charge on any atom is 2.00 e. The molecule has 4 heterocycles. The Morgan fingerprint density at radius 1 is 0.630 bits per heavy atom. The summed E-state index contributed by atoms with van der Waals surface area (Å²) in [7, 11) is 0. The van der Waals surface area contributed by atoms with Crippen LogP contribution in [0.1, 0.15) is 37.5 Å². The molecule has 1 aliphatic heterocycles. The smallest absolute Gasteiger partial charge is 0.509 e. The number of aryl methyl sites for hydroxylation is 2. The number of benzene rings is 5. The number of ether oxygens (including phenoxy) is 1. The molecule has 266 valence electrons. The zero-order chi connectivity index (χ0) is 36.3. The first-order valence-corrected chi connectivity index (χ1v) is 18.0. The van der Waals surface area contributed by atoms with Gasteiger partial charge in [0.2, 0.25) is 0 Å². The maximum atomic E-state index is 6.68. The molecule has 0 radical (unpaired) electrons. The van der Waals surface area contributed by atoms with Crippen LogP contribution in [-0.4, -0.2) is 21.5 Å². The summed E-state index contributed by atoms with van der Waals surface area (Å²) in [5.41, 5.74) is 9.81. The quantitative estimate of drug-likeness (QED) is 0.123. The molecule has 5 aromatic carbocycles. The van der Waals surface area contributed by atoms with Gasteiger partial charge in [0.1, 0.15) is 11.6 Å². The number of hydrogen-bond acceptors (Lipinski definition) is 5. The average Bonchev–Trinajstić information content (AvgIpc) is 3.67. The largest absolute Gasteiger partial charge is 2.00 e. The van der Waals surface area contributed by atoms with Crippen molar-refractivity contribution in [3.05, 3.63) is 169 Å². The van der Waals surface area contributed by atoms with Crippen LogP contribution in [0.15, 0.2) is 140 Å². The van der Waals surface area contributed by atoms with Gasteiger partial charge in [-0.3, -0.25) is 0 Å². The molecule has 9 rings (SSSR count). The fourth-order valence-corrected chi connectivity index (χ4v) is 7.66. The number of hydrogen-bond donors (Lipinski definition) is 0. The van der Waals surface area contributed by atoms with Crippen molar-refractivity contribution in [3.63, 3.8) is 0 Å². The third-order valence-corrected chi connectivity index (χ3v) is 10.2. The second-order valence-corrected chi connectivity index (χ2v) is 14.7. The third kappa shape index (κ3) is 6.07. The average molecular weight is 883 g/mol. The monoisotopic (exact) mass is 882 g/mol. The van der Waals surface area contributed by atoms with Crippen LogP contribution in [0.2, 0.25) is 0 Å². The van der Waals surface area contributed by atoms with Gasteiger partial charge in [-0.1, -0.05) is 109 Å². The Balaban J connectivity index is 0.00000413. The van der Waals surface area contributed by atoms with E-state index >= 15 is 0 Å². The first-order valence-electron chi connectivity index (χ1n) is 18.0. The van der Waals surface area contributed by atoms with Gasteiger partial charge in [-0.15, -0.1) is 35.7 Å². The number of nitrogens with zero attached hydrogens (tertiary/aromatic N) is 5. The van der Waals surface area contributed by atoms with Gasteiger partial charge >= 0.3 is 28.0 Å². The molecule has 0 atom stereocenters. The molecular formula is C46H38BN5OPt. The van der Waals surface area contributed by atoms with Crippen LogP contribution < -0.4 is 19.8 Å². The number of aromatic nitrogens is 3. The molecule has 8 aromatic rings. The summed E-state index contributed by atoms with van der Waals surface area (Å²) < 4.78 is 8.87. The summed E-state index contributed by atoms with van der Waals surface area (Å²) in [6.45, 7) is 10.8. The Bertz CT molecular complexity index is 2620. The Morgan fingerprint density at radius 3 is 2.09 bits per heavy atom. The first kappa shape index (κ1) is 35.4. The first-order chi connectivity index (χ1) is 25.8. The Labute approximate surface area is 331 Å². The molecular weight excluding hydrogens is 844 g/mol. The van der Waals surface area contributed by atoms with E-state index in [2.05, 4.69) is 164 Å². The predicted octanol–water partition coefficient (Wildman–Crippen LogP) is 10.6. The van der Waals surface area contributed by atoms with E-state index in [1.54, 1.807) is 0 Å². The fraction of sp³-hybridized carbons (Fsp3) is 0.130. The van der Waals surface area contributed by atoms with Gasteiger partial charge in [0.25, 0.3) is 0 Å². The SMILES string of the molecule is Cc1cccc(C)c1B1N(c2ccccn2)c2[c-]c(Oc3[c-]c4c(cc3)c3ccccc3n4-c3cc(C(C)(C)C)ccn3)ccc2N1c1ccccc1.[Pt+2]. The van der Waals surface area contributed by atoms with Crippen LogP contribution in [0.25, 0.3) is 27.6 Å². The number of anilines is 4. The molecule has 0 saturated carbocycles. The molecule has 0 saturated heterocycles. The molecule has 0 amide bonds. The summed E-state index contributed by atoms with van der Waals surface area (Å²) in [5, 5.41) is 2.23. The molecule has 3 aromatic heterocycles. The van der Waals surface area contributed by atoms with Gasteiger partial charge in [0, 0.05) is 35.1 Å². The normalized spacial score (nSPS) is 12.6. The van der Waals surface area contributed by atoms with Crippen LogP contribution in [0.3, 0.4) is 0 Å². The van der Waals surface area contributed by atoms with Gasteiger partial charge in [-0.2, -0.15) is 6.07 Å². The minimum Gasteiger partial charge on any atom is -0.509 e. The van der Waals surface area contributed by atoms with Crippen LogP contribution in [0.4, 0.5) is 22.9 Å². The van der Waals surface area contributed by atoms with E-state index in [0.717, 1.165) is 50.5 Å². The molecule has 0 spiro atoms. The molecule has 0 fully saturated rings. The van der Waals surface area contributed by atoms with Gasteiger partial charge in [-0.05, 0) is 78.1 Å². The maximum absolute atomic E-state index is 6.68. The van der Waals surface area contributed by atoms with Crippen molar-refractivity contribution >= 4 is 57.1 Å². The summed E-state index contributed by atoms with van der Waals surface area (Å²) >= 11 is 0. The zero-order valence-corrected chi connectivity index (χ0v) is 33.1. The number of pyridine rings is 2. The Kier molecular flexibility index (Phi) is 9.15. The van der Waals surface area contributed by atoms with Crippen molar-refractivity contribution in [2.24, 2.45) is 0 Å². The van der Waals surface area contributed by atoms with Crippen molar-refractivity contribution in [2.75, 3.05) is 9.62 Å². The molecule has 54 heavy (non-hydrogen) atoms. The third-order valence-electron chi connectivity index (χ3n) is 10.2. The molecule has 6 nitrogen and oxygen atoms in total. The van der Waals surface area contributed by atoms with E-state index in [9.17, 15) is 0 Å². The number of para-hydroxylation sites is 2. The molecule has 0 N–H and O–H groups in total. The van der Waals surface area contributed by atoms with Gasteiger partial charge in [0.15, 0.2) is 0 Å². The van der Waals surface area contributed by atoms with E-state index in [1.807, 2.05) is 36.7 Å². The predicted molar refractivity (Wildman–Crippen MR) is 218 cm³/mol. The fourth-order valence-electron chi connectivity index (χ4n) is 7.66. The number of rotatable bonds is 6. The van der Waals surface area contributed by atoms with Gasteiger partial charge in [-0.25, -0.2) is 9.97 Å². The van der Waals surface area contributed by atoms with E-state index in [4.69, 9.17) is 14.7 Å². The second-order valence-electron chi connectivity index (χ2n) is 14.7. The number of fused-ring (bicyclic) bond motifs is 4. The van der Waals surface area contributed by atoms with E-state index in [1.165, 1.54) is 22.2 Å². The minimum absolute atomic E-state index is 0. The molecule has 0 bridgehead atoms. The Morgan fingerprint density at radius 2 is 1.33 bits per heavy atom. The molecule has 1 aliphatic rings. The van der Waals surface area contributed by atoms with Crippen molar-refractivity contribution < 1.29 is 25.8 Å². The Hall–Kier alpha value is -5.65. The zero-order valence-electron chi connectivity index (χ0n) is 30.8. The van der Waals surface area contributed by atoms with Crippen molar-refractivity contribution in [3.8, 4) is 17.3 Å². The molecule has 0 aliphatic carbocycles. The summed E-state index contributed by atoms with van der Waals surface area (Å²) in [4.78, 5) is 14.4. The van der Waals surface area contributed by atoms with Crippen molar-refractivity contribution in [1.82, 2.24) is 14.5 Å².